The topological polar surface area (TPSA) is 49.4 Å². The number of para-hydroxylation sites is 1. The third-order valence-electron chi connectivity index (χ3n) is 3.45. The molecule has 1 aliphatic rings. The van der Waals surface area contributed by atoms with Crippen LogP contribution in [0.2, 0.25) is 0 Å². The third kappa shape index (κ3) is 3.23. The highest BCUT2D eigenvalue weighted by Crippen LogP contribution is 2.20. The molecule has 0 aromatic heterocycles. The minimum absolute atomic E-state index is 0.263. The number of anilines is 1. The average Bonchev–Trinajstić information content (AvgIpc) is 2.39. The van der Waals surface area contributed by atoms with Crippen molar-refractivity contribution in [3.05, 3.63) is 30.3 Å². The number of piperidine rings is 1. The first-order valence-electron chi connectivity index (χ1n) is 6.41. The number of hydrogen-bond acceptors (Lipinski definition) is 3. The number of benzene rings is 1. The number of nitrogens with zero attached hydrogens (tertiary/aromatic N) is 1. The number of hydrogen-bond donors (Lipinski definition) is 1. The lowest BCUT2D eigenvalue weighted by Gasteiger charge is -2.30. The molecule has 1 saturated heterocycles. The third-order valence-corrected chi connectivity index (χ3v) is 5.32. The summed E-state index contributed by atoms with van der Waals surface area (Å²) in [5.41, 5.74) is 0.649. The molecule has 0 saturated carbocycles. The summed E-state index contributed by atoms with van der Waals surface area (Å²) in [7, 11) is -3.24. The van der Waals surface area contributed by atoms with Crippen molar-refractivity contribution < 1.29 is 8.42 Å². The Balaban J connectivity index is 2.00. The molecule has 1 heterocycles. The molecule has 1 aromatic rings. The highest BCUT2D eigenvalue weighted by atomic mass is 32.2. The fourth-order valence-corrected chi connectivity index (χ4v) is 3.75. The van der Waals surface area contributed by atoms with Crippen molar-refractivity contribution in [2.45, 2.75) is 25.0 Å². The van der Waals surface area contributed by atoms with Crippen LogP contribution in [0.25, 0.3) is 0 Å². The number of nitrogens with one attached hydrogen (secondary N) is 1. The van der Waals surface area contributed by atoms with Gasteiger partial charge in [-0.15, -0.1) is 0 Å². The lowest BCUT2D eigenvalue weighted by molar-refractivity contribution is 0.241. The van der Waals surface area contributed by atoms with Crippen molar-refractivity contribution in [1.29, 1.82) is 0 Å². The molecular formula is C13H20N2O2S. The summed E-state index contributed by atoms with van der Waals surface area (Å²) in [6.45, 7) is 4.85. The van der Waals surface area contributed by atoms with Crippen molar-refractivity contribution in [1.82, 2.24) is 4.90 Å². The normalized spacial score (nSPS) is 18.7. The van der Waals surface area contributed by atoms with Crippen LogP contribution < -0.4 is 4.72 Å². The quantitative estimate of drug-likeness (QED) is 0.907. The summed E-state index contributed by atoms with van der Waals surface area (Å²) in [5, 5.41) is -0.263. The van der Waals surface area contributed by atoms with Crippen molar-refractivity contribution in [3.8, 4) is 0 Å². The first kappa shape index (κ1) is 13.4. The standard InChI is InChI=1S/C13H20N2O2S/c1-2-15-10-8-13(9-11-15)18(16,17)14-12-6-4-3-5-7-12/h3-7,13-14H,2,8-11H2,1H3. The second-order valence-electron chi connectivity index (χ2n) is 4.65. The molecule has 0 bridgehead atoms. The minimum Gasteiger partial charge on any atom is -0.304 e. The Hall–Kier alpha value is -1.07. The van der Waals surface area contributed by atoms with Crippen LogP contribution in [0.4, 0.5) is 5.69 Å². The van der Waals surface area contributed by atoms with Gasteiger partial charge in [0.2, 0.25) is 10.0 Å². The maximum atomic E-state index is 12.2. The van der Waals surface area contributed by atoms with Gasteiger partial charge in [-0.25, -0.2) is 8.42 Å². The van der Waals surface area contributed by atoms with Gasteiger partial charge in [-0.3, -0.25) is 4.72 Å². The van der Waals surface area contributed by atoms with E-state index in [1.165, 1.54) is 0 Å². The Morgan fingerprint density at radius 1 is 1.22 bits per heavy atom. The monoisotopic (exact) mass is 268 g/mol. The molecule has 0 atom stereocenters. The molecular weight excluding hydrogens is 248 g/mol. The van der Waals surface area contributed by atoms with E-state index >= 15 is 0 Å². The number of rotatable bonds is 4. The van der Waals surface area contributed by atoms with Crippen LogP contribution in [-0.2, 0) is 10.0 Å². The van der Waals surface area contributed by atoms with Gasteiger partial charge in [0.1, 0.15) is 0 Å². The second-order valence-corrected chi connectivity index (χ2v) is 6.61. The average molecular weight is 268 g/mol. The Morgan fingerprint density at radius 3 is 2.39 bits per heavy atom. The zero-order valence-electron chi connectivity index (χ0n) is 10.7. The molecule has 1 N–H and O–H groups in total. The predicted molar refractivity (Wildman–Crippen MR) is 74.1 cm³/mol. The van der Waals surface area contributed by atoms with E-state index in [0.29, 0.717) is 5.69 Å². The molecule has 0 amide bonds. The summed E-state index contributed by atoms with van der Waals surface area (Å²) in [6, 6.07) is 9.09. The molecule has 1 aliphatic heterocycles. The molecule has 0 unspecified atom stereocenters. The zero-order valence-corrected chi connectivity index (χ0v) is 11.5. The van der Waals surface area contributed by atoms with Gasteiger partial charge in [0, 0.05) is 5.69 Å². The van der Waals surface area contributed by atoms with Crippen LogP contribution in [0.15, 0.2) is 30.3 Å². The summed E-state index contributed by atoms with van der Waals surface area (Å²) in [6.07, 6.45) is 1.44. The van der Waals surface area contributed by atoms with E-state index in [-0.39, 0.29) is 5.25 Å². The first-order chi connectivity index (χ1) is 8.62. The molecule has 1 fully saturated rings. The fraction of sp³-hybridized carbons (Fsp3) is 0.538. The van der Waals surface area contributed by atoms with Crippen molar-refractivity contribution >= 4 is 15.7 Å². The van der Waals surface area contributed by atoms with Gasteiger partial charge in [0.15, 0.2) is 0 Å². The Labute approximate surface area is 109 Å². The van der Waals surface area contributed by atoms with Gasteiger partial charge in [0.25, 0.3) is 0 Å². The molecule has 100 valence electrons. The fourth-order valence-electron chi connectivity index (χ4n) is 2.29. The first-order valence-corrected chi connectivity index (χ1v) is 7.95. The highest BCUT2D eigenvalue weighted by Gasteiger charge is 2.29. The predicted octanol–water partition coefficient (Wildman–Crippen LogP) is 1.91. The Kier molecular flexibility index (Phi) is 4.24. The molecule has 2 rings (SSSR count). The van der Waals surface area contributed by atoms with Crippen molar-refractivity contribution in [2.24, 2.45) is 0 Å². The molecule has 18 heavy (non-hydrogen) atoms. The smallest absolute Gasteiger partial charge is 0.235 e. The van der Waals surface area contributed by atoms with Crippen LogP contribution in [0.5, 0.6) is 0 Å². The molecule has 0 aliphatic carbocycles. The van der Waals surface area contributed by atoms with Gasteiger partial charge in [-0.1, -0.05) is 25.1 Å². The Morgan fingerprint density at radius 2 is 1.83 bits per heavy atom. The van der Waals surface area contributed by atoms with Gasteiger partial charge >= 0.3 is 0 Å². The summed E-state index contributed by atoms with van der Waals surface area (Å²) in [4.78, 5) is 2.29. The molecule has 5 heteroatoms. The van der Waals surface area contributed by atoms with E-state index in [1.54, 1.807) is 12.1 Å². The summed E-state index contributed by atoms with van der Waals surface area (Å²) in [5.74, 6) is 0. The highest BCUT2D eigenvalue weighted by molar-refractivity contribution is 7.93. The zero-order chi connectivity index (χ0) is 13.0. The van der Waals surface area contributed by atoms with Crippen LogP contribution in [0.3, 0.4) is 0 Å². The van der Waals surface area contributed by atoms with E-state index in [4.69, 9.17) is 0 Å². The van der Waals surface area contributed by atoms with Gasteiger partial charge < -0.3 is 4.90 Å². The lowest BCUT2D eigenvalue weighted by atomic mass is 10.1. The van der Waals surface area contributed by atoms with E-state index in [9.17, 15) is 8.42 Å². The second kappa shape index (κ2) is 5.71. The van der Waals surface area contributed by atoms with Crippen molar-refractivity contribution in [3.63, 3.8) is 0 Å². The van der Waals surface area contributed by atoms with Crippen LogP contribution >= 0.6 is 0 Å². The van der Waals surface area contributed by atoms with Gasteiger partial charge in [-0.05, 0) is 44.6 Å². The van der Waals surface area contributed by atoms with Crippen LogP contribution in [0.1, 0.15) is 19.8 Å². The van der Waals surface area contributed by atoms with Crippen LogP contribution in [-0.4, -0.2) is 38.2 Å². The van der Waals surface area contributed by atoms with E-state index in [1.807, 2.05) is 18.2 Å². The number of likely N-dealkylation sites (tertiary alicyclic amines) is 1. The Bertz CT molecular complexity index is 465. The summed E-state index contributed by atoms with van der Waals surface area (Å²) >= 11 is 0. The lowest BCUT2D eigenvalue weighted by Crippen LogP contribution is -2.41. The van der Waals surface area contributed by atoms with Crippen molar-refractivity contribution in [2.75, 3.05) is 24.4 Å². The SMILES string of the molecule is CCN1CCC(S(=O)(=O)Nc2ccccc2)CC1. The largest absolute Gasteiger partial charge is 0.304 e. The van der Waals surface area contributed by atoms with E-state index < -0.39 is 10.0 Å². The van der Waals surface area contributed by atoms with Crippen LogP contribution in [0, 0.1) is 0 Å². The van der Waals surface area contributed by atoms with E-state index in [0.717, 1.165) is 32.5 Å². The molecule has 4 nitrogen and oxygen atoms in total. The van der Waals surface area contributed by atoms with E-state index in [2.05, 4.69) is 16.5 Å². The molecule has 0 radical (unpaired) electrons. The van der Waals surface area contributed by atoms with Gasteiger partial charge in [0.05, 0.1) is 5.25 Å². The summed E-state index contributed by atoms with van der Waals surface area (Å²) < 4.78 is 27.1. The number of sulfonamides is 1. The molecule has 0 spiro atoms. The minimum atomic E-state index is -3.24. The molecule has 1 aromatic carbocycles. The van der Waals surface area contributed by atoms with Gasteiger partial charge in [-0.2, -0.15) is 0 Å². The maximum absolute atomic E-state index is 12.2. The maximum Gasteiger partial charge on any atom is 0.235 e.